The van der Waals surface area contributed by atoms with Crippen LogP contribution in [0.1, 0.15) is 19.8 Å². The second-order valence-electron chi connectivity index (χ2n) is 4.22. The SMILES string of the molecule is COCCN(C(C)COC)S(=O)(=O)CCCC(=O)O. The van der Waals surface area contributed by atoms with E-state index in [9.17, 15) is 13.2 Å². The maximum absolute atomic E-state index is 12.2. The minimum atomic E-state index is -3.50. The third-order valence-corrected chi connectivity index (χ3v) is 4.63. The number of hydrogen-bond donors (Lipinski definition) is 1. The van der Waals surface area contributed by atoms with E-state index in [0.717, 1.165) is 0 Å². The molecule has 0 rings (SSSR count). The zero-order valence-corrected chi connectivity index (χ0v) is 12.5. The number of carboxylic acids is 1. The topological polar surface area (TPSA) is 93.1 Å². The second kappa shape index (κ2) is 9.24. The van der Waals surface area contributed by atoms with E-state index >= 15 is 0 Å². The van der Waals surface area contributed by atoms with Gasteiger partial charge in [-0.15, -0.1) is 0 Å². The quantitative estimate of drug-likeness (QED) is 0.584. The Hall–Kier alpha value is -0.700. The van der Waals surface area contributed by atoms with Gasteiger partial charge in [-0.2, -0.15) is 4.31 Å². The lowest BCUT2D eigenvalue weighted by atomic mass is 10.3. The average Bonchev–Trinajstić information content (AvgIpc) is 2.28. The lowest BCUT2D eigenvalue weighted by molar-refractivity contribution is -0.137. The second-order valence-corrected chi connectivity index (χ2v) is 6.26. The average molecular weight is 297 g/mol. The van der Waals surface area contributed by atoms with E-state index in [4.69, 9.17) is 14.6 Å². The van der Waals surface area contributed by atoms with E-state index in [1.807, 2.05) is 0 Å². The first-order valence-corrected chi connectivity index (χ1v) is 7.65. The van der Waals surface area contributed by atoms with Crippen molar-refractivity contribution in [3.8, 4) is 0 Å². The van der Waals surface area contributed by atoms with Gasteiger partial charge in [0.15, 0.2) is 0 Å². The number of methoxy groups -OCH3 is 2. The van der Waals surface area contributed by atoms with Gasteiger partial charge in [-0.3, -0.25) is 4.79 Å². The number of nitrogens with zero attached hydrogens (tertiary/aromatic N) is 1. The summed E-state index contributed by atoms with van der Waals surface area (Å²) >= 11 is 0. The molecule has 0 saturated carbocycles. The summed E-state index contributed by atoms with van der Waals surface area (Å²) in [6, 6.07) is -0.310. The van der Waals surface area contributed by atoms with Crippen LogP contribution in [0.2, 0.25) is 0 Å². The van der Waals surface area contributed by atoms with E-state index in [1.54, 1.807) is 6.92 Å². The predicted octanol–water partition coefficient (Wildman–Crippen LogP) is 0.164. The van der Waals surface area contributed by atoms with E-state index in [-0.39, 0.29) is 44.4 Å². The molecule has 0 heterocycles. The lowest BCUT2D eigenvalue weighted by Crippen LogP contribution is -2.44. The molecule has 0 saturated heterocycles. The Morgan fingerprint density at radius 3 is 2.42 bits per heavy atom. The largest absolute Gasteiger partial charge is 0.481 e. The Labute approximate surface area is 114 Å². The summed E-state index contributed by atoms with van der Waals surface area (Å²) in [4.78, 5) is 10.4. The summed E-state index contributed by atoms with van der Waals surface area (Å²) in [6.07, 6.45) is -0.0587. The van der Waals surface area contributed by atoms with Crippen molar-refractivity contribution in [1.82, 2.24) is 4.31 Å². The first-order valence-electron chi connectivity index (χ1n) is 6.04. The lowest BCUT2D eigenvalue weighted by Gasteiger charge is -2.27. The fraction of sp³-hybridized carbons (Fsp3) is 0.909. The molecule has 1 atom stereocenters. The van der Waals surface area contributed by atoms with Crippen LogP contribution in [0.3, 0.4) is 0 Å². The summed E-state index contributed by atoms with van der Waals surface area (Å²) in [5.41, 5.74) is 0. The molecule has 0 radical (unpaired) electrons. The molecule has 0 bridgehead atoms. The van der Waals surface area contributed by atoms with Crippen LogP contribution in [0.15, 0.2) is 0 Å². The summed E-state index contributed by atoms with van der Waals surface area (Å²) in [5, 5.41) is 8.54. The number of ether oxygens (including phenoxy) is 2. The summed E-state index contributed by atoms with van der Waals surface area (Å²) < 4.78 is 35.5. The van der Waals surface area contributed by atoms with Crippen molar-refractivity contribution in [2.45, 2.75) is 25.8 Å². The number of rotatable bonds is 11. The zero-order chi connectivity index (χ0) is 14.9. The van der Waals surface area contributed by atoms with Crippen LogP contribution in [-0.2, 0) is 24.3 Å². The van der Waals surface area contributed by atoms with Gasteiger partial charge in [0.25, 0.3) is 0 Å². The van der Waals surface area contributed by atoms with E-state index in [2.05, 4.69) is 0 Å². The highest BCUT2D eigenvalue weighted by Gasteiger charge is 2.26. The van der Waals surface area contributed by atoms with Gasteiger partial charge in [-0.05, 0) is 13.3 Å². The van der Waals surface area contributed by atoms with Gasteiger partial charge in [-0.1, -0.05) is 0 Å². The number of carbonyl (C=O) groups is 1. The van der Waals surface area contributed by atoms with Gasteiger partial charge in [-0.25, -0.2) is 8.42 Å². The Kier molecular flexibility index (Phi) is 8.90. The molecule has 0 amide bonds. The fourth-order valence-corrected chi connectivity index (χ4v) is 3.37. The highest BCUT2D eigenvalue weighted by molar-refractivity contribution is 7.89. The molecule has 0 spiro atoms. The number of hydrogen-bond acceptors (Lipinski definition) is 5. The van der Waals surface area contributed by atoms with E-state index in [1.165, 1.54) is 18.5 Å². The number of sulfonamides is 1. The molecular weight excluding hydrogens is 274 g/mol. The smallest absolute Gasteiger partial charge is 0.303 e. The van der Waals surface area contributed by atoms with Crippen molar-refractivity contribution in [1.29, 1.82) is 0 Å². The number of aliphatic carboxylic acids is 1. The maximum Gasteiger partial charge on any atom is 0.303 e. The summed E-state index contributed by atoms with van der Waals surface area (Å²) in [5.74, 6) is -1.18. The molecular formula is C11H23NO6S. The molecule has 0 aromatic heterocycles. The van der Waals surface area contributed by atoms with Crippen LogP contribution in [0.4, 0.5) is 0 Å². The Morgan fingerprint density at radius 1 is 1.32 bits per heavy atom. The molecule has 1 N–H and O–H groups in total. The van der Waals surface area contributed by atoms with Crippen molar-refractivity contribution in [3.63, 3.8) is 0 Å². The van der Waals surface area contributed by atoms with Crippen molar-refractivity contribution >= 4 is 16.0 Å². The normalized spacial score (nSPS) is 13.7. The third kappa shape index (κ3) is 7.46. The molecule has 0 aromatic carbocycles. The monoisotopic (exact) mass is 297 g/mol. The summed E-state index contributed by atoms with van der Waals surface area (Å²) in [7, 11) is -0.503. The van der Waals surface area contributed by atoms with E-state index in [0.29, 0.717) is 0 Å². The third-order valence-electron chi connectivity index (χ3n) is 2.57. The molecule has 7 nitrogen and oxygen atoms in total. The van der Waals surface area contributed by atoms with Gasteiger partial charge in [0.05, 0.1) is 19.0 Å². The first-order chi connectivity index (χ1) is 8.85. The minimum Gasteiger partial charge on any atom is -0.481 e. The van der Waals surface area contributed by atoms with Gasteiger partial charge >= 0.3 is 5.97 Å². The highest BCUT2D eigenvalue weighted by Crippen LogP contribution is 2.10. The van der Waals surface area contributed by atoms with Crippen LogP contribution in [-0.4, -0.2) is 69.6 Å². The summed E-state index contributed by atoms with van der Waals surface area (Å²) in [6.45, 7) is 2.54. The van der Waals surface area contributed by atoms with Crippen molar-refractivity contribution in [3.05, 3.63) is 0 Å². The maximum atomic E-state index is 12.2. The van der Waals surface area contributed by atoms with Crippen LogP contribution in [0.25, 0.3) is 0 Å². The van der Waals surface area contributed by atoms with Crippen molar-refractivity contribution in [2.75, 3.05) is 39.7 Å². The Balaban J connectivity index is 4.65. The molecule has 0 aromatic rings. The van der Waals surface area contributed by atoms with Crippen molar-refractivity contribution in [2.24, 2.45) is 0 Å². The van der Waals surface area contributed by atoms with Gasteiger partial charge in [0.2, 0.25) is 10.0 Å². The van der Waals surface area contributed by atoms with Crippen LogP contribution in [0.5, 0.6) is 0 Å². The molecule has 0 fully saturated rings. The van der Waals surface area contributed by atoms with Gasteiger partial charge in [0, 0.05) is 33.2 Å². The Bertz CT molecular complexity index is 356. The fourth-order valence-electron chi connectivity index (χ4n) is 1.66. The minimum absolute atomic E-state index is 0.0981. The first kappa shape index (κ1) is 18.3. The standard InChI is InChI=1S/C11H23NO6S/c1-10(9-18-3)12(6-7-17-2)19(15,16)8-4-5-11(13)14/h10H,4-9H2,1-3H3,(H,13,14). The molecule has 114 valence electrons. The molecule has 0 aliphatic rings. The molecule has 0 aliphatic heterocycles. The highest BCUT2D eigenvalue weighted by atomic mass is 32.2. The van der Waals surface area contributed by atoms with Gasteiger partial charge < -0.3 is 14.6 Å². The molecule has 1 unspecified atom stereocenters. The molecule has 19 heavy (non-hydrogen) atoms. The molecule has 8 heteroatoms. The van der Waals surface area contributed by atoms with Gasteiger partial charge in [0.1, 0.15) is 0 Å². The van der Waals surface area contributed by atoms with Crippen LogP contribution >= 0.6 is 0 Å². The zero-order valence-electron chi connectivity index (χ0n) is 11.7. The van der Waals surface area contributed by atoms with Crippen LogP contribution in [0, 0.1) is 0 Å². The Morgan fingerprint density at radius 2 is 1.95 bits per heavy atom. The van der Waals surface area contributed by atoms with E-state index < -0.39 is 16.0 Å². The van der Waals surface area contributed by atoms with Crippen LogP contribution < -0.4 is 0 Å². The predicted molar refractivity (Wildman–Crippen MR) is 70.6 cm³/mol. The number of carboxylic acid groups (broad SMARTS) is 1. The molecule has 0 aliphatic carbocycles. The van der Waals surface area contributed by atoms with Crippen molar-refractivity contribution < 1.29 is 27.8 Å².